The molecular weight excluding hydrogens is 242 g/mol. The highest BCUT2D eigenvalue weighted by Crippen LogP contribution is 2.17. The molecule has 2 rings (SSSR count). The lowest BCUT2D eigenvalue weighted by atomic mass is 10.3. The molecule has 0 saturated carbocycles. The van der Waals surface area contributed by atoms with Gasteiger partial charge >= 0.3 is 0 Å². The lowest BCUT2D eigenvalue weighted by Crippen LogP contribution is -2.18. The van der Waals surface area contributed by atoms with Crippen molar-refractivity contribution in [3.8, 4) is 5.82 Å². The van der Waals surface area contributed by atoms with Gasteiger partial charge in [0.05, 0.1) is 4.92 Å². The average molecular weight is 249 g/mol. The molecular formula is C8H7N7O3. The van der Waals surface area contributed by atoms with Crippen molar-refractivity contribution < 1.29 is 10.1 Å². The normalized spacial score (nSPS) is 11.4. The van der Waals surface area contributed by atoms with Gasteiger partial charge in [-0.05, 0) is 6.07 Å². The maximum absolute atomic E-state index is 10.8. The lowest BCUT2D eigenvalue weighted by Gasteiger charge is -2.03. The Kier molecular flexibility index (Phi) is 2.83. The number of nitro groups is 1. The van der Waals surface area contributed by atoms with Crippen LogP contribution in [0.15, 0.2) is 29.9 Å². The van der Waals surface area contributed by atoms with Gasteiger partial charge in [-0.25, -0.2) is 14.6 Å². The predicted molar refractivity (Wildman–Crippen MR) is 58.3 cm³/mol. The molecule has 3 N–H and O–H groups in total. The van der Waals surface area contributed by atoms with Gasteiger partial charge in [-0.15, -0.1) is 0 Å². The number of oxime groups is 1. The van der Waals surface area contributed by atoms with Crippen LogP contribution in [0.3, 0.4) is 0 Å². The third-order valence-electron chi connectivity index (χ3n) is 2.06. The predicted octanol–water partition coefficient (Wildman–Crippen LogP) is -0.335. The van der Waals surface area contributed by atoms with Crippen LogP contribution in [-0.4, -0.2) is 35.7 Å². The molecule has 0 aromatic carbocycles. The summed E-state index contributed by atoms with van der Waals surface area (Å²) in [6, 6.07) is 2.57. The van der Waals surface area contributed by atoms with Crippen LogP contribution >= 0.6 is 0 Å². The van der Waals surface area contributed by atoms with E-state index in [0.29, 0.717) is 0 Å². The van der Waals surface area contributed by atoms with Crippen molar-refractivity contribution in [3.05, 3.63) is 40.6 Å². The number of aromatic nitrogens is 4. The third-order valence-corrected chi connectivity index (χ3v) is 2.06. The van der Waals surface area contributed by atoms with Gasteiger partial charge in [0.25, 0.3) is 5.69 Å². The van der Waals surface area contributed by atoms with E-state index in [1.54, 1.807) is 0 Å². The van der Waals surface area contributed by atoms with Gasteiger partial charge in [0.15, 0.2) is 17.3 Å². The first-order chi connectivity index (χ1) is 8.63. The van der Waals surface area contributed by atoms with E-state index in [-0.39, 0.29) is 17.2 Å². The standard InChI is InChI=1S/C8H7N7O3/c9-8(13-16)7-5(15(17)18)1-2-6(12-7)14-4-10-3-11-14/h1-4,16H,(H2,9,13). The van der Waals surface area contributed by atoms with Crippen LogP contribution in [0.25, 0.3) is 5.82 Å². The Morgan fingerprint density at radius 1 is 1.56 bits per heavy atom. The van der Waals surface area contributed by atoms with Crippen LogP contribution < -0.4 is 5.73 Å². The minimum atomic E-state index is -0.675. The first kappa shape index (κ1) is 11.4. The molecule has 0 aliphatic carbocycles. The van der Waals surface area contributed by atoms with Crippen molar-refractivity contribution in [2.24, 2.45) is 10.9 Å². The summed E-state index contributed by atoms with van der Waals surface area (Å²) in [4.78, 5) is 17.7. The fourth-order valence-electron chi connectivity index (χ4n) is 1.28. The Hall–Kier alpha value is -3.04. The molecule has 2 aromatic heterocycles. The minimum Gasteiger partial charge on any atom is -0.409 e. The van der Waals surface area contributed by atoms with Crippen LogP contribution in [0, 0.1) is 10.1 Å². The zero-order valence-electron chi connectivity index (χ0n) is 8.83. The van der Waals surface area contributed by atoms with Gasteiger partial charge in [-0.2, -0.15) is 5.10 Å². The van der Waals surface area contributed by atoms with Crippen molar-refractivity contribution in [2.45, 2.75) is 0 Å². The molecule has 0 aliphatic heterocycles. The topological polar surface area (TPSA) is 145 Å². The quantitative estimate of drug-likeness (QED) is 0.249. The SMILES string of the molecule is N/C(=N/O)c1nc(-n2cncn2)ccc1[N+](=O)[O-]. The highest BCUT2D eigenvalue weighted by molar-refractivity contribution is 5.98. The highest BCUT2D eigenvalue weighted by Gasteiger charge is 2.20. The molecule has 2 heterocycles. The number of amidine groups is 1. The molecule has 0 atom stereocenters. The summed E-state index contributed by atoms with van der Waals surface area (Å²) in [6.45, 7) is 0. The fraction of sp³-hybridized carbons (Fsp3) is 0. The molecule has 10 nitrogen and oxygen atoms in total. The van der Waals surface area contributed by atoms with E-state index in [1.165, 1.54) is 29.5 Å². The van der Waals surface area contributed by atoms with Gasteiger partial charge in [-0.1, -0.05) is 5.16 Å². The Morgan fingerprint density at radius 2 is 2.33 bits per heavy atom. The molecule has 10 heteroatoms. The van der Waals surface area contributed by atoms with Gasteiger partial charge < -0.3 is 10.9 Å². The van der Waals surface area contributed by atoms with Crippen LogP contribution in [0.1, 0.15) is 5.69 Å². The van der Waals surface area contributed by atoms with Gasteiger partial charge in [-0.3, -0.25) is 10.1 Å². The Bertz CT molecular complexity index is 607. The molecule has 18 heavy (non-hydrogen) atoms. The van der Waals surface area contributed by atoms with Crippen molar-refractivity contribution in [3.63, 3.8) is 0 Å². The number of hydrogen-bond donors (Lipinski definition) is 2. The maximum atomic E-state index is 10.8. The summed E-state index contributed by atoms with van der Waals surface area (Å²) in [6.07, 6.45) is 2.65. The third kappa shape index (κ3) is 1.93. The van der Waals surface area contributed by atoms with Gasteiger partial charge in [0.1, 0.15) is 12.7 Å². The molecule has 2 aromatic rings. The number of rotatable bonds is 3. The Balaban J connectivity index is 2.59. The van der Waals surface area contributed by atoms with E-state index in [1.807, 2.05) is 0 Å². The first-order valence-electron chi connectivity index (χ1n) is 4.62. The molecule has 0 amide bonds. The minimum absolute atomic E-state index is 0.240. The van der Waals surface area contributed by atoms with Crippen molar-refractivity contribution in [1.82, 2.24) is 19.7 Å². The second-order valence-corrected chi connectivity index (χ2v) is 3.12. The number of hydrogen-bond acceptors (Lipinski definition) is 7. The van der Waals surface area contributed by atoms with E-state index in [2.05, 4.69) is 20.2 Å². The summed E-state index contributed by atoms with van der Waals surface area (Å²) in [5.41, 5.74) is 4.74. The summed E-state index contributed by atoms with van der Waals surface area (Å²) >= 11 is 0. The summed E-state index contributed by atoms with van der Waals surface area (Å²) < 4.78 is 1.29. The summed E-state index contributed by atoms with van der Waals surface area (Å²) in [5.74, 6) is -0.191. The monoisotopic (exact) mass is 249 g/mol. The Labute approximate surface area is 99.5 Å². The van der Waals surface area contributed by atoms with Gasteiger partial charge in [0.2, 0.25) is 0 Å². The molecule has 0 bridgehead atoms. The molecule has 0 spiro atoms. The van der Waals surface area contributed by atoms with Crippen LogP contribution in [0.2, 0.25) is 0 Å². The zero-order valence-corrected chi connectivity index (χ0v) is 8.83. The zero-order chi connectivity index (χ0) is 13.1. The van der Waals surface area contributed by atoms with Crippen LogP contribution in [0.5, 0.6) is 0 Å². The number of nitrogens with zero attached hydrogens (tertiary/aromatic N) is 6. The first-order valence-corrected chi connectivity index (χ1v) is 4.62. The summed E-state index contributed by atoms with van der Waals surface area (Å²) in [7, 11) is 0. The average Bonchev–Trinajstić information content (AvgIpc) is 2.90. The van der Waals surface area contributed by atoms with E-state index < -0.39 is 10.8 Å². The molecule has 92 valence electrons. The van der Waals surface area contributed by atoms with E-state index in [4.69, 9.17) is 10.9 Å². The van der Waals surface area contributed by atoms with Crippen LogP contribution in [-0.2, 0) is 0 Å². The maximum Gasteiger partial charge on any atom is 0.298 e. The van der Waals surface area contributed by atoms with Crippen molar-refractivity contribution >= 4 is 11.5 Å². The molecule has 0 saturated heterocycles. The molecule has 0 aliphatic rings. The Morgan fingerprint density at radius 3 is 2.89 bits per heavy atom. The largest absolute Gasteiger partial charge is 0.409 e. The van der Waals surface area contributed by atoms with E-state index in [9.17, 15) is 10.1 Å². The smallest absolute Gasteiger partial charge is 0.298 e. The molecule has 0 unspecified atom stereocenters. The molecule has 0 fully saturated rings. The van der Waals surface area contributed by atoms with E-state index in [0.717, 1.165) is 0 Å². The highest BCUT2D eigenvalue weighted by atomic mass is 16.6. The number of pyridine rings is 1. The fourth-order valence-corrected chi connectivity index (χ4v) is 1.28. The second kappa shape index (κ2) is 4.45. The molecule has 0 radical (unpaired) electrons. The van der Waals surface area contributed by atoms with Crippen molar-refractivity contribution in [2.75, 3.05) is 0 Å². The van der Waals surface area contributed by atoms with E-state index >= 15 is 0 Å². The summed E-state index contributed by atoms with van der Waals surface area (Å²) in [5, 5.41) is 25.9. The van der Waals surface area contributed by atoms with Crippen LogP contribution in [0.4, 0.5) is 5.69 Å². The van der Waals surface area contributed by atoms with Gasteiger partial charge in [0, 0.05) is 6.07 Å². The van der Waals surface area contributed by atoms with Crippen molar-refractivity contribution in [1.29, 1.82) is 0 Å². The second-order valence-electron chi connectivity index (χ2n) is 3.12. The number of nitrogens with two attached hydrogens (primary N) is 1. The lowest BCUT2D eigenvalue weighted by molar-refractivity contribution is -0.385.